The monoisotopic (exact) mass is 432 g/mol. The first-order chi connectivity index (χ1) is 13.9. The van der Waals surface area contributed by atoms with E-state index in [1.54, 1.807) is 0 Å². The van der Waals surface area contributed by atoms with Gasteiger partial charge in [0.25, 0.3) is 0 Å². The molecular formula is C20H21ClN4O3S. The van der Waals surface area contributed by atoms with Gasteiger partial charge in [0.05, 0.1) is 35.0 Å². The van der Waals surface area contributed by atoms with Crippen molar-refractivity contribution in [2.75, 3.05) is 29.4 Å². The number of ether oxygens (including phenoxy) is 1. The van der Waals surface area contributed by atoms with E-state index in [0.717, 1.165) is 28.4 Å². The summed E-state index contributed by atoms with van der Waals surface area (Å²) >= 11 is 7.97. The van der Waals surface area contributed by atoms with Crippen LogP contribution in [0.25, 0.3) is 11.0 Å². The van der Waals surface area contributed by atoms with Crippen molar-refractivity contribution in [3.63, 3.8) is 0 Å². The standard InChI is InChI=1S/C20H21ClN4O3S/c1-11-7-15-16(23-20(27)19(26)22-15)9-18(11)29-24-13-3-4-17(14(21)8-13)25-5-6-28-10-12(25)2/h3-4,7-9,12,24H,5-6,10H2,1-2H3,(H,22,26)(H,23,27)/t12-/m1/s1. The van der Waals surface area contributed by atoms with E-state index in [2.05, 4.69) is 26.5 Å². The molecule has 0 radical (unpaired) electrons. The highest BCUT2D eigenvalue weighted by atomic mass is 35.5. The van der Waals surface area contributed by atoms with Crippen molar-refractivity contribution in [2.24, 2.45) is 0 Å². The Bertz CT molecular complexity index is 1180. The molecule has 1 fully saturated rings. The third kappa shape index (κ3) is 4.14. The molecule has 2 aromatic carbocycles. The second-order valence-electron chi connectivity index (χ2n) is 7.06. The number of aromatic amines is 2. The molecule has 0 unspecified atom stereocenters. The minimum absolute atomic E-state index is 0.281. The Hall–Kier alpha value is -2.42. The van der Waals surface area contributed by atoms with Gasteiger partial charge in [-0.1, -0.05) is 11.6 Å². The Morgan fingerprint density at radius 3 is 2.59 bits per heavy atom. The van der Waals surface area contributed by atoms with Gasteiger partial charge in [-0.25, -0.2) is 0 Å². The third-order valence-corrected chi connectivity index (χ3v) is 6.22. The first-order valence-corrected chi connectivity index (χ1v) is 10.5. The number of nitrogens with zero attached hydrogens (tertiary/aromatic N) is 1. The van der Waals surface area contributed by atoms with Crippen molar-refractivity contribution in [3.8, 4) is 0 Å². The van der Waals surface area contributed by atoms with Crippen LogP contribution in [0.1, 0.15) is 12.5 Å². The minimum atomic E-state index is -0.662. The molecule has 0 aliphatic carbocycles. The van der Waals surface area contributed by atoms with Gasteiger partial charge >= 0.3 is 11.1 Å². The summed E-state index contributed by atoms with van der Waals surface area (Å²) in [5.74, 6) is 0. The van der Waals surface area contributed by atoms with Gasteiger partial charge in [0.1, 0.15) is 0 Å². The van der Waals surface area contributed by atoms with Gasteiger partial charge in [-0.3, -0.25) is 9.59 Å². The van der Waals surface area contributed by atoms with E-state index in [-0.39, 0.29) is 6.04 Å². The first-order valence-electron chi connectivity index (χ1n) is 9.26. The van der Waals surface area contributed by atoms with Gasteiger partial charge in [0, 0.05) is 23.2 Å². The fourth-order valence-corrected chi connectivity index (χ4v) is 4.41. The zero-order chi connectivity index (χ0) is 20.5. The molecule has 3 N–H and O–H groups in total. The lowest BCUT2D eigenvalue weighted by Gasteiger charge is -2.35. The number of aromatic nitrogens is 2. The molecule has 9 heteroatoms. The summed E-state index contributed by atoms with van der Waals surface area (Å²) in [5.41, 5.74) is 2.72. The summed E-state index contributed by atoms with van der Waals surface area (Å²) in [5, 5.41) is 0.682. The van der Waals surface area contributed by atoms with E-state index in [1.165, 1.54) is 11.9 Å². The van der Waals surface area contributed by atoms with Crippen LogP contribution in [0.5, 0.6) is 0 Å². The molecule has 0 saturated carbocycles. The smallest absolute Gasteiger partial charge is 0.314 e. The number of rotatable bonds is 4. The Kier molecular flexibility index (Phi) is 5.58. The summed E-state index contributed by atoms with van der Waals surface area (Å²) < 4.78 is 8.80. The lowest BCUT2D eigenvalue weighted by molar-refractivity contribution is 0.0989. The van der Waals surface area contributed by atoms with E-state index in [0.29, 0.717) is 29.3 Å². The van der Waals surface area contributed by atoms with Crippen LogP contribution in [0.15, 0.2) is 44.8 Å². The Balaban J connectivity index is 1.54. The lowest BCUT2D eigenvalue weighted by Crippen LogP contribution is -2.43. The van der Waals surface area contributed by atoms with Gasteiger partial charge in [-0.15, -0.1) is 0 Å². The summed E-state index contributed by atoms with van der Waals surface area (Å²) in [6.07, 6.45) is 0. The SMILES string of the molecule is Cc1cc2[nH]c(=O)c(=O)[nH]c2cc1SNc1ccc(N2CCOC[C@H]2C)c(Cl)c1. The number of benzene rings is 2. The Morgan fingerprint density at radius 2 is 1.90 bits per heavy atom. The largest absolute Gasteiger partial charge is 0.377 e. The van der Waals surface area contributed by atoms with Gasteiger partial charge in [0.15, 0.2) is 0 Å². The average molecular weight is 433 g/mol. The molecule has 1 aliphatic rings. The van der Waals surface area contributed by atoms with Gasteiger partial charge in [-0.2, -0.15) is 0 Å². The minimum Gasteiger partial charge on any atom is -0.377 e. The summed E-state index contributed by atoms with van der Waals surface area (Å²) in [4.78, 5) is 31.5. The molecule has 1 saturated heterocycles. The number of H-pyrrole nitrogens is 2. The van der Waals surface area contributed by atoms with Crippen LogP contribution in [0.3, 0.4) is 0 Å². The summed E-state index contributed by atoms with van der Waals surface area (Å²) in [7, 11) is 0. The van der Waals surface area contributed by atoms with Crippen molar-refractivity contribution in [2.45, 2.75) is 24.8 Å². The maximum atomic E-state index is 11.6. The van der Waals surface area contributed by atoms with Gasteiger partial charge in [0.2, 0.25) is 0 Å². The second-order valence-corrected chi connectivity index (χ2v) is 8.31. The van der Waals surface area contributed by atoms with Crippen LogP contribution in [0.2, 0.25) is 5.02 Å². The van der Waals surface area contributed by atoms with Crippen molar-refractivity contribution < 1.29 is 4.74 Å². The highest BCUT2D eigenvalue weighted by Gasteiger charge is 2.21. The molecule has 0 spiro atoms. The highest BCUT2D eigenvalue weighted by Crippen LogP contribution is 2.33. The van der Waals surface area contributed by atoms with E-state index in [9.17, 15) is 9.59 Å². The van der Waals surface area contributed by atoms with Gasteiger partial charge < -0.3 is 24.3 Å². The number of hydrogen-bond donors (Lipinski definition) is 3. The van der Waals surface area contributed by atoms with Crippen molar-refractivity contribution in [3.05, 3.63) is 61.6 Å². The van der Waals surface area contributed by atoms with Crippen LogP contribution < -0.4 is 20.7 Å². The normalized spacial score (nSPS) is 16.9. The number of aryl methyl sites for hydroxylation is 1. The van der Waals surface area contributed by atoms with Crippen LogP contribution in [-0.2, 0) is 4.74 Å². The molecule has 152 valence electrons. The predicted octanol–water partition coefficient (Wildman–Crippen LogP) is 3.52. The maximum Gasteiger partial charge on any atom is 0.314 e. The molecule has 4 rings (SSSR count). The fraction of sp³-hybridized carbons (Fsp3) is 0.300. The van der Waals surface area contributed by atoms with Crippen LogP contribution >= 0.6 is 23.5 Å². The highest BCUT2D eigenvalue weighted by molar-refractivity contribution is 8.00. The fourth-order valence-electron chi connectivity index (χ4n) is 3.37. The lowest BCUT2D eigenvalue weighted by atomic mass is 10.2. The van der Waals surface area contributed by atoms with Crippen molar-refractivity contribution in [1.82, 2.24) is 9.97 Å². The summed E-state index contributed by atoms with van der Waals surface area (Å²) in [6, 6.07) is 9.87. The molecule has 2 heterocycles. The molecule has 0 bridgehead atoms. The van der Waals surface area contributed by atoms with Crippen LogP contribution in [-0.4, -0.2) is 35.8 Å². The molecule has 0 amide bonds. The van der Waals surface area contributed by atoms with Crippen LogP contribution in [0.4, 0.5) is 11.4 Å². The van der Waals surface area contributed by atoms with E-state index < -0.39 is 11.1 Å². The number of halogens is 1. The molecular weight excluding hydrogens is 412 g/mol. The third-order valence-electron chi connectivity index (χ3n) is 4.92. The number of anilines is 2. The van der Waals surface area contributed by atoms with E-state index in [1.807, 2.05) is 37.3 Å². The molecule has 29 heavy (non-hydrogen) atoms. The van der Waals surface area contributed by atoms with Crippen molar-refractivity contribution in [1.29, 1.82) is 0 Å². The Morgan fingerprint density at radius 1 is 1.17 bits per heavy atom. The molecule has 1 aromatic heterocycles. The molecule has 7 nitrogen and oxygen atoms in total. The zero-order valence-corrected chi connectivity index (χ0v) is 17.6. The molecule has 1 atom stereocenters. The first kappa shape index (κ1) is 19.9. The average Bonchev–Trinajstić information content (AvgIpc) is 2.69. The number of fused-ring (bicyclic) bond motifs is 1. The predicted molar refractivity (Wildman–Crippen MR) is 118 cm³/mol. The number of hydrogen-bond acceptors (Lipinski definition) is 6. The quantitative estimate of drug-likeness (QED) is 0.431. The van der Waals surface area contributed by atoms with Gasteiger partial charge in [-0.05, 0) is 61.7 Å². The Labute approximate surface area is 176 Å². The molecule has 3 aromatic rings. The van der Waals surface area contributed by atoms with E-state index in [4.69, 9.17) is 16.3 Å². The zero-order valence-electron chi connectivity index (χ0n) is 16.0. The van der Waals surface area contributed by atoms with E-state index >= 15 is 0 Å². The van der Waals surface area contributed by atoms with Crippen molar-refractivity contribution >= 4 is 46.0 Å². The number of nitrogens with one attached hydrogen (secondary N) is 3. The number of morpholine rings is 1. The van der Waals surface area contributed by atoms with Crippen LogP contribution in [0, 0.1) is 6.92 Å². The molecule has 1 aliphatic heterocycles. The maximum absolute atomic E-state index is 11.6. The topological polar surface area (TPSA) is 90.2 Å². The summed E-state index contributed by atoms with van der Waals surface area (Å²) in [6.45, 7) is 6.28. The second kappa shape index (κ2) is 8.14.